The van der Waals surface area contributed by atoms with Crippen molar-refractivity contribution in [3.63, 3.8) is 0 Å². The van der Waals surface area contributed by atoms with E-state index in [9.17, 15) is 0 Å². The normalized spacial score (nSPS) is 17.2. The summed E-state index contributed by atoms with van der Waals surface area (Å²) in [6.07, 6.45) is 2.54. The van der Waals surface area contributed by atoms with Gasteiger partial charge in [-0.25, -0.2) is 0 Å². The van der Waals surface area contributed by atoms with Crippen molar-refractivity contribution >= 4 is 11.6 Å². The maximum atomic E-state index is 9.10. The molecule has 1 atom stereocenters. The standard InChI is InChI=1S/C13H17ClO2/c1-9(7-15)11-4-5-12(14)13(6-11)16-8-10-2-3-10/h4-6,9-10,15H,2-3,7-8H2,1H3. The maximum absolute atomic E-state index is 9.10. The molecule has 0 saturated heterocycles. The summed E-state index contributed by atoms with van der Waals surface area (Å²) in [5.41, 5.74) is 1.07. The van der Waals surface area contributed by atoms with Crippen molar-refractivity contribution in [3.8, 4) is 5.75 Å². The molecular weight excluding hydrogens is 224 g/mol. The molecule has 1 aliphatic rings. The quantitative estimate of drug-likeness (QED) is 0.856. The molecule has 0 aromatic heterocycles. The molecule has 1 aromatic carbocycles. The molecule has 16 heavy (non-hydrogen) atoms. The summed E-state index contributed by atoms with van der Waals surface area (Å²) in [4.78, 5) is 0. The predicted octanol–water partition coefficient (Wildman–Crippen LogP) is 3.22. The minimum atomic E-state index is 0.126. The largest absolute Gasteiger partial charge is 0.492 e. The first-order valence-corrected chi connectivity index (χ1v) is 6.11. The third kappa shape index (κ3) is 2.89. The van der Waals surface area contributed by atoms with Crippen LogP contribution in [0.1, 0.15) is 31.2 Å². The lowest BCUT2D eigenvalue weighted by atomic mass is 10.0. The first-order chi connectivity index (χ1) is 7.70. The Morgan fingerprint density at radius 3 is 2.88 bits per heavy atom. The highest BCUT2D eigenvalue weighted by atomic mass is 35.5. The first kappa shape index (κ1) is 11.7. The molecule has 1 N–H and O–H groups in total. The third-order valence-electron chi connectivity index (χ3n) is 2.97. The average Bonchev–Trinajstić information content (AvgIpc) is 3.11. The lowest BCUT2D eigenvalue weighted by Gasteiger charge is -2.12. The molecule has 1 fully saturated rings. The van der Waals surface area contributed by atoms with Crippen LogP contribution in [0.5, 0.6) is 5.75 Å². The smallest absolute Gasteiger partial charge is 0.138 e. The van der Waals surface area contributed by atoms with E-state index < -0.39 is 0 Å². The van der Waals surface area contributed by atoms with Gasteiger partial charge in [0.1, 0.15) is 5.75 Å². The van der Waals surface area contributed by atoms with Crippen LogP contribution in [0.15, 0.2) is 18.2 Å². The second-order valence-electron chi connectivity index (χ2n) is 4.53. The Bertz CT molecular complexity index is 361. The Labute approximate surface area is 101 Å². The molecule has 1 saturated carbocycles. The summed E-state index contributed by atoms with van der Waals surface area (Å²) >= 11 is 6.06. The Morgan fingerprint density at radius 2 is 2.25 bits per heavy atom. The Balaban J connectivity index is 2.07. The van der Waals surface area contributed by atoms with Crippen molar-refractivity contribution in [1.82, 2.24) is 0 Å². The second-order valence-corrected chi connectivity index (χ2v) is 4.94. The van der Waals surface area contributed by atoms with Gasteiger partial charge >= 0.3 is 0 Å². The van der Waals surface area contributed by atoms with Crippen molar-refractivity contribution < 1.29 is 9.84 Å². The fraction of sp³-hybridized carbons (Fsp3) is 0.538. The molecule has 2 nitrogen and oxygen atoms in total. The molecule has 0 heterocycles. The van der Waals surface area contributed by atoms with E-state index in [2.05, 4.69) is 0 Å². The highest BCUT2D eigenvalue weighted by Crippen LogP contribution is 2.33. The summed E-state index contributed by atoms with van der Waals surface area (Å²) in [6.45, 7) is 2.88. The maximum Gasteiger partial charge on any atom is 0.138 e. The average molecular weight is 241 g/mol. The SMILES string of the molecule is CC(CO)c1ccc(Cl)c(OCC2CC2)c1. The zero-order chi connectivity index (χ0) is 11.5. The fourth-order valence-electron chi connectivity index (χ4n) is 1.53. The monoisotopic (exact) mass is 240 g/mol. The zero-order valence-corrected chi connectivity index (χ0v) is 10.2. The van der Waals surface area contributed by atoms with Crippen LogP contribution in [0, 0.1) is 5.92 Å². The predicted molar refractivity (Wildman–Crippen MR) is 65.2 cm³/mol. The van der Waals surface area contributed by atoms with E-state index in [1.165, 1.54) is 12.8 Å². The molecule has 1 unspecified atom stereocenters. The summed E-state index contributed by atoms with van der Waals surface area (Å²) in [7, 11) is 0. The molecule has 0 amide bonds. The molecule has 3 heteroatoms. The summed E-state index contributed by atoms with van der Waals surface area (Å²) in [6, 6.07) is 5.71. The molecule has 1 aromatic rings. The van der Waals surface area contributed by atoms with Gasteiger partial charge in [-0.1, -0.05) is 24.6 Å². The number of halogens is 1. The van der Waals surface area contributed by atoms with Crippen LogP contribution in [-0.2, 0) is 0 Å². The van der Waals surface area contributed by atoms with Gasteiger partial charge in [0.15, 0.2) is 0 Å². The van der Waals surface area contributed by atoms with Crippen molar-refractivity contribution in [3.05, 3.63) is 28.8 Å². The van der Waals surface area contributed by atoms with Gasteiger partial charge in [-0.2, -0.15) is 0 Å². The van der Waals surface area contributed by atoms with Crippen molar-refractivity contribution in [2.24, 2.45) is 5.92 Å². The number of hydrogen-bond donors (Lipinski definition) is 1. The highest BCUT2D eigenvalue weighted by Gasteiger charge is 2.22. The zero-order valence-electron chi connectivity index (χ0n) is 9.45. The van der Waals surface area contributed by atoms with Crippen LogP contribution < -0.4 is 4.74 Å². The molecule has 0 bridgehead atoms. The second kappa shape index (κ2) is 5.07. The van der Waals surface area contributed by atoms with Gasteiger partial charge in [0.2, 0.25) is 0 Å². The van der Waals surface area contributed by atoms with Gasteiger partial charge in [0.05, 0.1) is 11.6 Å². The molecule has 0 spiro atoms. The Kier molecular flexibility index (Phi) is 3.72. The molecular formula is C13H17ClO2. The Hall–Kier alpha value is -0.730. The van der Waals surface area contributed by atoms with Crippen LogP contribution >= 0.6 is 11.6 Å². The van der Waals surface area contributed by atoms with Crippen LogP contribution in [-0.4, -0.2) is 18.3 Å². The Morgan fingerprint density at radius 1 is 1.50 bits per heavy atom. The van der Waals surface area contributed by atoms with Gasteiger partial charge in [0, 0.05) is 12.5 Å². The van der Waals surface area contributed by atoms with Crippen LogP contribution in [0.3, 0.4) is 0 Å². The number of rotatable bonds is 5. The third-order valence-corrected chi connectivity index (χ3v) is 3.28. The lowest BCUT2D eigenvalue weighted by molar-refractivity contribution is 0.271. The van der Waals surface area contributed by atoms with E-state index in [1.807, 2.05) is 25.1 Å². The summed E-state index contributed by atoms with van der Waals surface area (Å²) < 4.78 is 5.68. The van der Waals surface area contributed by atoms with Crippen LogP contribution in [0.25, 0.3) is 0 Å². The number of aliphatic hydroxyl groups is 1. The van der Waals surface area contributed by atoms with Crippen LogP contribution in [0.2, 0.25) is 5.02 Å². The van der Waals surface area contributed by atoms with E-state index in [-0.39, 0.29) is 12.5 Å². The van der Waals surface area contributed by atoms with Crippen molar-refractivity contribution in [2.75, 3.05) is 13.2 Å². The van der Waals surface area contributed by atoms with Crippen LogP contribution in [0.4, 0.5) is 0 Å². The summed E-state index contributed by atoms with van der Waals surface area (Å²) in [5.74, 6) is 1.59. The van der Waals surface area contributed by atoms with E-state index in [0.717, 1.165) is 23.8 Å². The highest BCUT2D eigenvalue weighted by molar-refractivity contribution is 6.32. The van der Waals surface area contributed by atoms with Gasteiger partial charge in [-0.05, 0) is 36.5 Å². The van der Waals surface area contributed by atoms with Crippen molar-refractivity contribution in [2.45, 2.75) is 25.7 Å². The van der Waals surface area contributed by atoms with Gasteiger partial charge in [0.25, 0.3) is 0 Å². The van der Waals surface area contributed by atoms with E-state index >= 15 is 0 Å². The van der Waals surface area contributed by atoms with Gasteiger partial charge in [-0.3, -0.25) is 0 Å². The fourth-order valence-corrected chi connectivity index (χ4v) is 1.71. The first-order valence-electron chi connectivity index (χ1n) is 5.74. The van der Waals surface area contributed by atoms with Crippen molar-refractivity contribution in [1.29, 1.82) is 0 Å². The molecule has 0 aliphatic heterocycles. The number of benzene rings is 1. The lowest BCUT2D eigenvalue weighted by Crippen LogP contribution is -2.02. The molecule has 0 radical (unpaired) electrons. The number of hydrogen-bond acceptors (Lipinski definition) is 2. The van der Waals surface area contributed by atoms with E-state index in [0.29, 0.717) is 5.02 Å². The minimum absolute atomic E-state index is 0.126. The molecule has 1 aliphatic carbocycles. The molecule has 88 valence electrons. The molecule has 2 rings (SSSR count). The van der Waals surface area contributed by atoms with E-state index in [4.69, 9.17) is 21.4 Å². The van der Waals surface area contributed by atoms with E-state index in [1.54, 1.807) is 0 Å². The summed E-state index contributed by atoms with van der Waals surface area (Å²) in [5, 5.41) is 9.75. The van der Waals surface area contributed by atoms with Gasteiger partial charge in [-0.15, -0.1) is 0 Å². The minimum Gasteiger partial charge on any atom is -0.492 e. The number of ether oxygens (including phenoxy) is 1. The van der Waals surface area contributed by atoms with Gasteiger partial charge < -0.3 is 9.84 Å². The number of aliphatic hydroxyl groups excluding tert-OH is 1. The topological polar surface area (TPSA) is 29.5 Å².